The Morgan fingerprint density at radius 3 is 2.46 bits per heavy atom. The lowest BCUT2D eigenvalue weighted by Gasteiger charge is -2.18. The van der Waals surface area contributed by atoms with E-state index < -0.39 is 30.5 Å². The molecule has 1 atom stereocenters. The van der Waals surface area contributed by atoms with Gasteiger partial charge in [-0.3, -0.25) is 9.59 Å². The Morgan fingerprint density at radius 1 is 1.19 bits per heavy atom. The molecule has 0 spiro atoms. The van der Waals surface area contributed by atoms with Gasteiger partial charge < -0.3 is 15.0 Å². The Balaban J connectivity index is 1.52. The lowest BCUT2D eigenvalue weighted by Crippen LogP contribution is -2.36. The number of hydrogen-bond acceptors (Lipinski definition) is 3. The summed E-state index contributed by atoms with van der Waals surface area (Å²) in [5, 5.41) is 2.65. The summed E-state index contributed by atoms with van der Waals surface area (Å²) in [6.07, 6.45) is 0.000336. The van der Waals surface area contributed by atoms with Gasteiger partial charge in [-0.05, 0) is 49.9 Å². The maximum absolute atomic E-state index is 12.4. The summed E-state index contributed by atoms with van der Waals surface area (Å²) in [6, 6.07) is 6.88. The Bertz CT molecular complexity index is 655. The van der Waals surface area contributed by atoms with Gasteiger partial charge in [0.15, 0.2) is 0 Å². The molecule has 2 fully saturated rings. The number of carbonyl (C=O) groups is 2. The molecule has 1 saturated heterocycles. The van der Waals surface area contributed by atoms with Crippen molar-refractivity contribution in [1.82, 2.24) is 4.90 Å². The van der Waals surface area contributed by atoms with Gasteiger partial charge >= 0.3 is 6.18 Å². The molecule has 1 N–H and O–H groups in total. The van der Waals surface area contributed by atoms with Gasteiger partial charge in [-0.25, -0.2) is 0 Å². The van der Waals surface area contributed by atoms with Gasteiger partial charge in [-0.1, -0.05) is 0 Å². The first-order chi connectivity index (χ1) is 12.3. The Hall–Kier alpha value is -2.25. The average molecular weight is 370 g/mol. The number of alkyl halides is 3. The van der Waals surface area contributed by atoms with E-state index in [-0.39, 0.29) is 19.1 Å². The molecule has 26 heavy (non-hydrogen) atoms. The average Bonchev–Trinajstić information content (AvgIpc) is 3.18. The summed E-state index contributed by atoms with van der Waals surface area (Å²) in [4.78, 5) is 24.6. The topological polar surface area (TPSA) is 58.6 Å². The van der Waals surface area contributed by atoms with Gasteiger partial charge in [0.25, 0.3) is 0 Å². The monoisotopic (exact) mass is 370 g/mol. The van der Waals surface area contributed by atoms with Crippen LogP contribution in [0.2, 0.25) is 0 Å². The number of likely N-dealkylation sites (tertiary alicyclic amines) is 1. The summed E-state index contributed by atoms with van der Waals surface area (Å²) < 4.78 is 43.1. The highest BCUT2D eigenvalue weighted by molar-refractivity contribution is 5.97. The maximum atomic E-state index is 12.4. The number of ether oxygens (including phenoxy) is 1. The number of halogens is 3. The van der Waals surface area contributed by atoms with E-state index in [1.807, 2.05) is 0 Å². The van der Waals surface area contributed by atoms with Crippen molar-refractivity contribution in [3.05, 3.63) is 24.3 Å². The molecule has 1 aliphatic carbocycles. The first-order valence-electron chi connectivity index (χ1n) is 8.72. The largest absolute Gasteiger partial charge is 0.490 e. The highest BCUT2D eigenvalue weighted by Gasteiger charge is 2.40. The van der Waals surface area contributed by atoms with E-state index in [9.17, 15) is 22.8 Å². The second-order valence-electron chi connectivity index (χ2n) is 6.83. The third-order valence-corrected chi connectivity index (χ3v) is 4.68. The standard InChI is InChI=1S/C18H21F3N2O3/c19-18(20,21)11-23-10-12(9-16(23)24)17(25)22-13-5-7-15(8-6-13)26-14-3-1-2-4-14/h5-8,12,14H,1-4,9-11H2,(H,22,25)/t12-/m1/s1. The van der Waals surface area contributed by atoms with E-state index in [1.165, 1.54) is 12.8 Å². The summed E-state index contributed by atoms with van der Waals surface area (Å²) in [6.45, 7) is -1.53. The van der Waals surface area contributed by atoms with Crippen LogP contribution in [0.25, 0.3) is 0 Å². The van der Waals surface area contributed by atoms with E-state index in [0.29, 0.717) is 10.6 Å². The summed E-state index contributed by atoms with van der Waals surface area (Å²) in [7, 11) is 0. The fraction of sp³-hybridized carbons (Fsp3) is 0.556. The van der Waals surface area contributed by atoms with Crippen LogP contribution in [0.5, 0.6) is 5.75 Å². The molecule has 0 radical (unpaired) electrons. The summed E-state index contributed by atoms with van der Waals surface area (Å²) >= 11 is 0. The molecule has 8 heteroatoms. The van der Waals surface area contributed by atoms with Crippen molar-refractivity contribution in [2.45, 2.75) is 44.4 Å². The van der Waals surface area contributed by atoms with Crippen LogP contribution in [0.15, 0.2) is 24.3 Å². The minimum atomic E-state index is -4.46. The number of benzene rings is 1. The molecule has 1 aromatic carbocycles. The van der Waals surface area contributed by atoms with Gasteiger partial charge in [0.05, 0.1) is 12.0 Å². The third kappa shape index (κ3) is 4.89. The number of rotatable bonds is 5. The normalized spacial score (nSPS) is 21.3. The van der Waals surface area contributed by atoms with Crippen LogP contribution in [0.4, 0.5) is 18.9 Å². The fourth-order valence-corrected chi connectivity index (χ4v) is 3.38. The maximum Gasteiger partial charge on any atom is 0.406 e. The predicted octanol–water partition coefficient (Wildman–Crippen LogP) is 3.36. The molecule has 1 heterocycles. The third-order valence-electron chi connectivity index (χ3n) is 4.68. The van der Waals surface area contributed by atoms with Crippen LogP contribution in [0.1, 0.15) is 32.1 Å². The van der Waals surface area contributed by atoms with Gasteiger partial charge in [-0.15, -0.1) is 0 Å². The van der Waals surface area contributed by atoms with E-state index in [1.54, 1.807) is 24.3 Å². The van der Waals surface area contributed by atoms with Crippen LogP contribution >= 0.6 is 0 Å². The number of carbonyl (C=O) groups excluding carboxylic acids is 2. The van der Waals surface area contributed by atoms with Crippen molar-refractivity contribution in [3.63, 3.8) is 0 Å². The van der Waals surface area contributed by atoms with Gasteiger partial charge in [0.1, 0.15) is 12.3 Å². The van der Waals surface area contributed by atoms with Crippen LogP contribution in [-0.2, 0) is 9.59 Å². The van der Waals surface area contributed by atoms with Crippen molar-refractivity contribution < 1.29 is 27.5 Å². The lowest BCUT2D eigenvalue weighted by atomic mass is 10.1. The van der Waals surface area contributed by atoms with E-state index in [2.05, 4.69) is 5.32 Å². The number of anilines is 1. The summed E-state index contributed by atoms with van der Waals surface area (Å²) in [5.41, 5.74) is 0.524. The molecule has 2 amide bonds. The van der Waals surface area contributed by atoms with Crippen molar-refractivity contribution in [2.24, 2.45) is 5.92 Å². The molecule has 0 unspecified atom stereocenters. The number of nitrogens with zero attached hydrogens (tertiary/aromatic N) is 1. The Morgan fingerprint density at radius 2 is 1.85 bits per heavy atom. The van der Waals surface area contributed by atoms with Gasteiger partial charge in [-0.2, -0.15) is 13.2 Å². The predicted molar refractivity (Wildman–Crippen MR) is 88.7 cm³/mol. The quantitative estimate of drug-likeness (QED) is 0.865. The van der Waals surface area contributed by atoms with Crippen molar-refractivity contribution in [2.75, 3.05) is 18.4 Å². The molecular formula is C18H21F3N2O3. The zero-order valence-electron chi connectivity index (χ0n) is 14.2. The van der Waals surface area contributed by atoms with Crippen molar-refractivity contribution in [1.29, 1.82) is 0 Å². The first-order valence-corrected chi connectivity index (χ1v) is 8.72. The molecule has 1 aromatic rings. The number of hydrogen-bond donors (Lipinski definition) is 1. The van der Waals surface area contributed by atoms with E-state index in [0.717, 1.165) is 18.6 Å². The van der Waals surface area contributed by atoms with E-state index in [4.69, 9.17) is 4.74 Å². The van der Waals surface area contributed by atoms with Crippen LogP contribution in [0, 0.1) is 5.92 Å². The lowest BCUT2D eigenvalue weighted by molar-refractivity contribution is -0.157. The second kappa shape index (κ2) is 7.55. The molecule has 1 saturated carbocycles. The second-order valence-corrected chi connectivity index (χ2v) is 6.83. The van der Waals surface area contributed by atoms with Crippen LogP contribution in [0.3, 0.4) is 0 Å². The minimum Gasteiger partial charge on any atom is -0.490 e. The highest BCUT2D eigenvalue weighted by atomic mass is 19.4. The molecular weight excluding hydrogens is 349 g/mol. The van der Waals surface area contributed by atoms with Crippen LogP contribution in [-0.4, -0.2) is 42.1 Å². The SMILES string of the molecule is O=C(Nc1ccc(OC2CCCC2)cc1)[C@@H]1CC(=O)N(CC(F)(F)F)C1. The minimum absolute atomic E-state index is 0.204. The van der Waals surface area contributed by atoms with Crippen molar-refractivity contribution >= 4 is 17.5 Å². The van der Waals surface area contributed by atoms with Gasteiger partial charge in [0, 0.05) is 18.7 Å². The molecule has 0 bridgehead atoms. The van der Waals surface area contributed by atoms with Crippen molar-refractivity contribution in [3.8, 4) is 5.75 Å². The molecule has 0 aromatic heterocycles. The smallest absolute Gasteiger partial charge is 0.406 e. The number of amides is 2. The van der Waals surface area contributed by atoms with E-state index >= 15 is 0 Å². The summed E-state index contributed by atoms with van der Waals surface area (Å²) in [5.74, 6) is -1.16. The highest BCUT2D eigenvalue weighted by Crippen LogP contribution is 2.27. The Labute approximate surface area is 149 Å². The zero-order valence-corrected chi connectivity index (χ0v) is 14.2. The molecule has 5 nitrogen and oxygen atoms in total. The molecule has 142 valence electrons. The van der Waals surface area contributed by atoms with Gasteiger partial charge in [0.2, 0.25) is 11.8 Å². The van der Waals surface area contributed by atoms with Crippen LogP contribution < -0.4 is 10.1 Å². The molecule has 3 rings (SSSR count). The molecule has 1 aliphatic heterocycles. The number of nitrogens with one attached hydrogen (secondary N) is 1. The fourth-order valence-electron chi connectivity index (χ4n) is 3.38. The zero-order chi connectivity index (χ0) is 18.7. The Kier molecular flexibility index (Phi) is 5.38. The molecule has 2 aliphatic rings. The first kappa shape index (κ1) is 18.5.